The maximum absolute atomic E-state index is 14.6. The highest BCUT2D eigenvalue weighted by atomic mass is 19.1. The van der Waals surface area contributed by atoms with E-state index in [4.69, 9.17) is 9.72 Å². The van der Waals surface area contributed by atoms with E-state index in [0.29, 0.717) is 55.7 Å². The molecule has 2 saturated carbocycles. The van der Waals surface area contributed by atoms with Crippen molar-refractivity contribution < 1.29 is 23.4 Å². The van der Waals surface area contributed by atoms with Gasteiger partial charge in [0, 0.05) is 44.3 Å². The summed E-state index contributed by atoms with van der Waals surface area (Å²) in [7, 11) is 1.81. The van der Waals surface area contributed by atoms with Crippen LogP contribution in [0.3, 0.4) is 0 Å². The molecule has 222 valence electrons. The molecule has 1 aromatic carbocycles. The van der Waals surface area contributed by atoms with Gasteiger partial charge in [0.2, 0.25) is 17.8 Å². The molecule has 3 N–H and O–H groups in total. The highest BCUT2D eigenvalue weighted by molar-refractivity contribution is 5.79. The molecule has 10 nitrogen and oxygen atoms in total. The number of aliphatic hydroxyl groups is 1. The number of hydrogen-bond acceptors (Lipinski definition) is 8. The van der Waals surface area contributed by atoms with Crippen LogP contribution in [0.5, 0.6) is 0 Å². The molecule has 0 spiro atoms. The van der Waals surface area contributed by atoms with Crippen LogP contribution in [-0.4, -0.2) is 74.4 Å². The highest BCUT2D eigenvalue weighted by Crippen LogP contribution is 2.38. The standard InChI is InChI=1S/C29H39F2N7O3/c1-3-41-15-14-37(2)27(40)18-4-9-21(10-5-18)38-26-25(35-29(38)34-24-13-6-19(30)16-23(24)31)17-32-28(36-26)33-20-7-11-22(39)12-8-20/h6,13,16-18,20-22,39H,3-5,7-12,14-15H2,1-2H3,(H,34,35)(H,32,33,36). The molecule has 2 aromatic heterocycles. The minimum atomic E-state index is -0.721. The predicted octanol–water partition coefficient (Wildman–Crippen LogP) is 4.79. The van der Waals surface area contributed by atoms with Crippen LogP contribution < -0.4 is 10.6 Å². The summed E-state index contributed by atoms with van der Waals surface area (Å²) >= 11 is 0. The van der Waals surface area contributed by atoms with E-state index in [1.54, 1.807) is 11.1 Å². The van der Waals surface area contributed by atoms with Crippen LogP contribution in [0.25, 0.3) is 11.2 Å². The maximum Gasteiger partial charge on any atom is 0.225 e. The van der Waals surface area contributed by atoms with Crippen LogP contribution in [0.1, 0.15) is 64.3 Å². The predicted molar refractivity (Wildman–Crippen MR) is 152 cm³/mol. The number of amides is 1. The van der Waals surface area contributed by atoms with Gasteiger partial charge >= 0.3 is 0 Å². The largest absolute Gasteiger partial charge is 0.393 e. The first-order valence-corrected chi connectivity index (χ1v) is 14.6. The first kappa shape index (κ1) is 29.1. The van der Waals surface area contributed by atoms with Gasteiger partial charge in [0.15, 0.2) is 5.65 Å². The summed E-state index contributed by atoms with van der Waals surface area (Å²) in [4.78, 5) is 28.8. The van der Waals surface area contributed by atoms with Crippen molar-refractivity contribution in [3.05, 3.63) is 36.0 Å². The number of aromatic nitrogens is 4. The molecule has 41 heavy (non-hydrogen) atoms. The molecule has 12 heteroatoms. The van der Waals surface area contributed by atoms with Crippen molar-refractivity contribution in [1.82, 2.24) is 24.4 Å². The molecule has 2 fully saturated rings. The number of aliphatic hydroxyl groups excluding tert-OH is 1. The lowest BCUT2D eigenvalue weighted by molar-refractivity contribution is -0.136. The van der Waals surface area contributed by atoms with Crippen molar-refractivity contribution >= 4 is 34.7 Å². The topological polar surface area (TPSA) is 117 Å². The maximum atomic E-state index is 14.6. The lowest BCUT2D eigenvalue weighted by atomic mass is 9.85. The second-order valence-electron chi connectivity index (χ2n) is 11.1. The third-order valence-corrected chi connectivity index (χ3v) is 8.20. The lowest BCUT2D eigenvalue weighted by Crippen LogP contribution is -2.37. The highest BCUT2D eigenvalue weighted by Gasteiger charge is 2.31. The van der Waals surface area contributed by atoms with E-state index in [0.717, 1.165) is 44.6 Å². The van der Waals surface area contributed by atoms with Gasteiger partial charge < -0.3 is 25.4 Å². The molecule has 0 saturated heterocycles. The van der Waals surface area contributed by atoms with Crippen LogP contribution in [0.2, 0.25) is 0 Å². The minimum Gasteiger partial charge on any atom is -0.393 e. The molecule has 1 amide bonds. The van der Waals surface area contributed by atoms with Crippen LogP contribution in [0.15, 0.2) is 24.4 Å². The lowest BCUT2D eigenvalue weighted by Gasteiger charge is -2.32. The van der Waals surface area contributed by atoms with E-state index in [1.807, 2.05) is 18.5 Å². The number of hydrogen-bond donors (Lipinski definition) is 3. The number of likely N-dealkylation sites (N-methyl/N-ethyl adjacent to an activating group) is 1. The van der Waals surface area contributed by atoms with Gasteiger partial charge in [-0.2, -0.15) is 4.98 Å². The molecular weight excluding hydrogens is 532 g/mol. The van der Waals surface area contributed by atoms with Gasteiger partial charge in [-0.1, -0.05) is 0 Å². The third-order valence-electron chi connectivity index (χ3n) is 8.20. The molecule has 2 heterocycles. The third kappa shape index (κ3) is 6.92. The van der Waals surface area contributed by atoms with Gasteiger partial charge in [0.25, 0.3) is 0 Å². The molecule has 0 unspecified atom stereocenters. The number of carbonyl (C=O) groups is 1. The smallest absolute Gasteiger partial charge is 0.225 e. The van der Waals surface area contributed by atoms with Crippen LogP contribution in [0.4, 0.5) is 26.4 Å². The van der Waals surface area contributed by atoms with Crippen LogP contribution in [-0.2, 0) is 9.53 Å². The van der Waals surface area contributed by atoms with Gasteiger partial charge in [-0.05, 0) is 70.4 Å². The summed E-state index contributed by atoms with van der Waals surface area (Å²) in [6, 6.07) is 3.51. The van der Waals surface area contributed by atoms with E-state index >= 15 is 0 Å². The minimum absolute atomic E-state index is 0.0311. The number of benzene rings is 1. The number of rotatable bonds is 10. The molecule has 0 radical (unpaired) electrons. The fourth-order valence-corrected chi connectivity index (χ4v) is 5.86. The van der Waals surface area contributed by atoms with Crippen molar-refractivity contribution in [3.8, 4) is 0 Å². The Morgan fingerprint density at radius 3 is 2.59 bits per heavy atom. The molecule has 0 atom stereocenters. The van der Waals surface area contributed by atoms with Crippen molar-refractivity contribution in [2.45, 2.75) is 76.5 Å². The van der Waals surface area contributed by atoms with E-state index in [-0.39, 0.29) is 35.7 Å². The normalized spacial score (nSPS) is 23.0. The second kappa shape index (κ2) is 13.1. The summed E-state index contributed by atoms with van der Waals surface area (Å²) in [5.74, 6) is -0.474. The summed E-state index contributed by atoms with van der Waals surface area (Å²) < 4.78 is 35.5. The van der Waals surface area contributed by atoms with E-state index in [2.05, 4.69) is 20.6 Å². The number of ether oxygens (including phenoxy) is 1. The summed E-state index contributed by atoms with van der Waals surface area (Å²) in [5, 5.41) is 16.3. The zero-order chi connectivity index (χ0) is 28.9. The van der Waals surface area contributed by atoms with Crippen molar-refractivity contribution in [2.24, 2.45) is 5.92 Å². The number of imidazole rings is 1. The average Bonchev–Trinajstić information content (AvgIpc) is 3.32. The average molecular weight is 572 g/mol. The molecule has 5 rings (SSSR count). The second-order valence-corrected chi connectivity index (χ2v) is 11.1. The Bertz CT molecular complexity index is 1340. The number of nitrogens with one attached hydrogen (secondary N) is 2. The molecule has 0 bridgehead atoms. The van der Waals surface area contributed by atoms with Crippen LogP contribution in [0, 0.1) is 17.6 Å². The van der Waals surface area contributed by atoms with E-state index in [1.165, 1.54) is 12.1 Å². The monoisotopic (exact) mass is 571 g/mol. The van der Waals surface area contributed by atoms with Gasteiger partial charge in [-0.25, -0.2) is 18.7 Å². The Morgan fingerprint density at radius 1 is 1.12 bits per heavy atom. The van der Waals surface area contributed by atoms with E-state index < -0.39 is 11.6 Å². The first-order chi connectivity index (χ1) is 19.8. The van der Waals surface area contributed by atoms with Gasteiger partial charge in [-0.15, -0.1) is 0 Å². The summed E-state index contributed by atoms with van der Waals surface area (Å²) in [5.41, 5.74) is 1.26. The first-order valence-electron chi connectivity index (χ1n) is 14.6. The quantitative estimate of drug-likeness (QED) is 0.298. The zero-order valence-electron chi connectivity index (χ0n) is 23.7. The van der Waals surface area contributed by atoms with E-state index in [9.17, 15) is 18.7 Å². The van der Waals surface area contributed by atoms with Gasteiger partial charge in [0.05, 0.1) is 24.6 Å². The Kier molecular flexibility index (Phi) is 9.29. The van der Waals surface area contributed by atoms with Crippen molar-refractivity contribution in [2.75, 3.05) is 37.4 Å². The number of carbonyl (C=O) groups excluding carboxylic acids is 1. The Balaban J connectivity index is 1.39. The molecule has 2 aliphatic rings. The molecule has 2 aliphatic carbocycles. The SMILES string of the molecule is CCOCCN(C)C(=O)C1CCC(n2c(Nc3ccc(F)cc3F)nc3cnc(NC4CCC(O)CC4)nc32)CC1. The fourth-order valence-electron chi connectivity index (χ4n) is 5.86. The summed E-state index contributed by atoms with van der Waals surface area (Å²) in [6.07, 6.45) is 7.35. The Morgan fingerprint density at radius 2 is 1.88 bits per heavy atom. The zero-order valence-corrected chi connectivity index (χ0v) is 23.7. The number of fused-ring (bicyclic) bond motifs is 1. The Labute approximate surface area is 238 Å². The molecule has 0 aliphatic heterocycles. The van der Waals surface area contributed by atoms with Gasteiger partial charge in [-0.3, -0.25) is 9.36 Å². The molecule has 3 aromatic rings. The van der Waals surface area contributed by atoms with Crippen molar-refractivity contribution in [3.63, 3.8) is 0 Å². The van der Waals surface area contributed by atoms with Crippen LogP contribution >= 0.6 is 0 Å². The Hall–Kier alpha value is -3.38. The van der Waals surface area contributed by atoms with Crippen molar-refractivity contribution in [1.29, 1.82) is 0 Å². The van der Waals surface area contributed by atoms with Gasteiger partial charge in [0.1, 0.15) is 17.2 Å². The number of anilines is 3. The fraction of sp³-hybridized carbons (Fsp3) is 0.586. The summed E-state index contributed by atoms with van der Waals surface area (Å²) in [6.45, 7) is 3.63. The molecular formula is C29H39F2N7O3. The number of nitrogens with zero attached hydrogens (tertiary/aromatic N) is 5. The number of halogens is 2.